The first-order valence-corrected chi connectivity index (χ1v) is 9.07. The van der Waals surface area contributed by atoms with Crippen LogP contribution in [0, 0.1) is 11.7 Å². The number of methoxy groups -OCH3 is 1. The fourth-order valence-corrected chi connectivity index (χ4v) is 3.07. The van der Waals surface area contributed by atoms with Gasteiger partial charge in [0, 0.05) is 11.3 Å². The summed E-state index contributed by atoms with van der Waals surface area (Å²) in [4.78, 5) is 36.1. The van der Waals surface area contributed by atoms with Gasteiger partial charge in [-0.3, -0.25) is 4.79 Å². The molecule has 0 saturated carbocycles. The Hall–Kier alpha value is -3.81. The Bertz CT molecular complexity index is 1040. The lowest BCUT2D eigenvalue weighted by Gasteiger charge is -2.14. The van der Waals surface area contributed by atoms with Crippen molar-refractivity contribution in [3.63, 3.8) is 0 Å². The third-order valence-corrected chi connectivity index (χ3v) is 4.71. The maximum Gasteiger partial charge on any atom is 0.337 e. The number of hydrazone groups is 1. The van der Waals surface area contributed by atoms with Crippen LogP contribution in [0.25, 0.3) is 6.08 Å². The zero-order valence-corrected chi connectivity index (χ0v) is 16.3. The minimum absolute atomic E-state index is 0.0228. The lowest BCUT2D eigenvalue weighted by atomic mass is 9.93. The monoisotopic (exact) mass is 410 g/mol. The van der Waals surface area contributed by atoms with Gasteiger partial charge in [-0.15, -0.1) is 0 Å². The fraction of sp³-hybridized carbons (Fsp3) is 0.182. The number of ether oxygens (including phenoxy) is 1. The maximum atomic E-state index is 13.1. The maximum absolute atomic E-state index is 13.1. The first kappa shape index (κ1) is 20.9. The summed E-state index contributed by atoms with van der Waals surface area (Å²) in [5.41, 5.74) is 1.81. The molecule has 2 aromatic carbocycles. The molecule has 0 saturated heterocycles. The van der Waals surface area contributed by atoms with E-state index in [9.17, 15) is 23.9 Å². The normalized spacial score (nSPS) is 16.4. The third-order valence-electron chi connectivity index (χ3n) is 4.71. The van der Waals surface area contributed by atoms with Gasteiger partial charge in [-0.2, -0.15) is 5.10 Å². The zero-order chi connectivity index (χ0) is 21.8. The second kappa shape index (κ2) is 8.69. The van der Waals surface area contributed by atoms with Gasteiger partial charge >= 0.3 is 11.9 Å². The van der Waals surface area contributed by atoms with Crippen LogP contribution in [0.5, 0.6) is 0 Å². The summed E-state index contributed by atoms with van der Waals surface area (Å²) >= 11 is 0. The molecule has 0 spiro atoms. The quantitative estimate of drug-likeness (QED) is 0.581. The molecule has 0 aromatic heterocycles. The average molecular weight is 410 g/mol. The van der Waals surface area contributed by atoms with Gasteiger partial charge in [0.15, 0.2) is 0 Å². The number of halogens is 1. The lowest BCUT2D eigenvalue weighted by molar-refractivity contribution is -0.132. The highest BCUT2D eigenvalue weighted by Gasteiger charge is 2.35. The Morgan fingerprint density at radius 3 is 2.37 bits per heavy atom. The number of hydrogen-bond acceptors (Lipinski definition) is 5. The summed E-state index contributed by atoms with van der Waals surface area (Å²) in [5.74, 6) is -3.21. The number of carboxylic acid groups (broad SMARTS) is 1. The van der Waals surface area contributed by atoms with Crippen LogP contribution in [0.2, 0.25) is 0 Å². The SMILES string of the molecule is COC(=O)c1ccc(C=C(CC2C(=O)N(c3ccc(F)cc3)N=C2C)C(=O)O)cc1. The number of nitrogens with zero attached hydrogens (tertiary/aromatic N) is 2. The standard InChI is InChI=1S/C22H19FN2O5/c1-13-19(20(26)25(24-13)18-9-7-17(23)8-10-18)12-16(21(27)28)11-14-3-5-15(6-4-14)22(29)30-2/h3-11,19H,12H2,1-2H3,(H,27,28). The minimum atomic E-state index is -1.16. The number of hydrogen-bond donors (Lipinski definition) is 1. The summed E-state index contributed by atoms with van der Waals surface area (Å²) in [6, 6.07) is 11.6. The topological polar surface area (TPSA) is 96.3 Å². The Kier molecular flexibility index (Phi) is 6.06. The molecule has 1 unspecified atom stereocenters. The molecular formula is C22H19FN2O5. The van der Waals surface area contributed by atoms with E-state index in [-0.39, 0.29) is 17.9 Å². The van der Waals surface area contributed by atoms with E-state index >= 15 is 0 Å². The van der Waals surface area contributed by atoms with Gasteiger partial charge in [-0.25, -0.2) is 19.0 Å². The molecule has 1 N–H and O–H groups in total. The Morgan fingerprint density at radius 2 is 1.80 bits per heavy atom. The molecule has 1 atom stereocenters. The molecule has 30 heavy (non-hydrogen) atoms. The van der Waals surface area contributed by atoms with E-state index in [2.05, 4.69) is 9.84 Å². The molecule has 154 valence electrons. The number of aliphatic carboxylic acids is 1. The molecule has 0 bridgehead atoms. The molecule has 3 rings (SSSR count). The van der Waals surface area contributed by atoms with Crippen molar-refractivity contribution in [2.24, 2.45) is 11.0 Å². The molecule has 8 heteroatoms. The van der Waals surface area contributed by atoms with Crippen LogP contribution >= 0.6 is 0 Å². The zero-order valence-electron chi connectivity index (χ0n) is 16.3. The van der Waals surface area contributed by atoms with Crippen molar-refractivity contribution in [3.8, 4) is 0 Å². The highest BCUT2D eigenvalue weighted by atomic mass is 19.1. The molecule has 0 radical (unpaired) electrons. The molecular weight excluding hydrogens is 391 g/mol. The largest absolute Gasteiger partial charge is 0.478 e. The number of amides is 1. The molecule has 2 aromatic rings. The molecule has 1 aliphatic rings. The van der Waals surface area contributed by atoms with Crippen molar-refractivity contribution < 1.29 is 28.6 Å². The number of carboxylic acids is 1. The smallest absolute Gasteiger partial charge is 0.337 e. The minimum Gasteiger partial charge on any atom is -0.478 e. The van der Waals surface area contributed by atoms with Crippen molar-refractivity contribution >= 4 is 35.3 Å². The van der Waals surface area contributed by atoms with Crippen molar-refractivity contribution in [1.82, 2.24) is 0 Å². The van der Waals surface area contributed by atoms with E-state index in [4.69, 9.17) is 0 Å². The third kappa shape index (κ3) is 4.43. The predicted octanol–water partition coefficient (Wildman–Crippen LogP) is 3.51. The average Bonchev–Trinajstić information content (AvgIpc) is 3.01. The Morgan fingerprint density at radius 1 is 1.17 bits per heavy atom. The van der Waals surface area contributed by atoms with Crippen LogP contribution in [0.15, 0.2) is 59.2 Å². The van der Waals surface area contributed by atoms with Crippen LogP contribution in [-0.2, 0) is 14.3 Å². The molecule has 0 fully saturated rings. The van der Waals surface area contributed by atoms with E-state index in [1.54, 1.807) is 19.1 Å². The number of esters is 1. The number of rotatable bonds is 6. The molecule has 1 aliphatic heterocycles. The molecule has 1 amide bonds. The van der Waals surface area contributed by atoms with Crippen LogP contribution in [0.4, 0.5) is 10.1 Å². The number of anilines is 1. The summed E-state index contributed by atoms with van der Waals surface area (Å²) in [6.45, 7) is 1.65. The molecule has 7 nitrogen and oxygen atoms in total. The second-order valence-corrected chi connectivity index (χ2v) is 6.71. The summed E-state index contributed by atoms with van der Waals surface area (Å²) in [7, 11) is 1.27. The van der Waals surface area contributed by atoms with Crippen molar-refractivity contribution in [3.05, 3.63) is 71.0 Å². The Labute approximate surface area is 172 Å². The van der Waals surface area contributed by atoms with E-state index in [0.29, 0.717) is 22.5 Å². The molecule has 1 heterocycles. The van der Waals surface area contributed by atoms with E-state index in [0.717, 1.165) is 5.01 Å². The van der Waals surface area contributed by atoms with E-state index < -0.39 is 23.7 Å². The van der Waals surface area contributed by atoms with Gasteiger partial charge in [0.25, 0.3) is 5.91 Å². The highest BCUT2D eigenvalue weighted by Crippen LogP contribution is 2.28. The predicted molar refractivity (Wildman–Crippen MR) is 108 cm³/mol. The summed E-state index contributed by atoms with van der Waals surface area (Å²) < 4.78 is 17.8. The van der Waals surface area contributed by atoms with Crippen molar-refractivity contribution in [2.75, 3.05) is 12.1 Å². The highest BCUT2D eigenvalue weighted by molar-refractivity contribution is 6.15. The van der Waals surface area contributed by atoms with Crippen LogP contribution < -0.4 is 5.01 Å². The lowest BCUT2D eigenvalue weighted by Crippen LogP contribution is -2.28. The first-order valence-electron chi connectivity index (χ1n) is 9.07. The van der Waals surface area contributed by atoms with Crippen LogP contribution in [0.3, 0.4) is 0 Å². The number of carbonyl (C=O) groups excluding carboxylic acids is 2. The van der Waals surface area contributed by atoms with Gasteiger partial charge in [0.1, 0.15) is 5.82 Å². The van der Waals surface area contributed by atoms with E-state index in [1.165, 1.54) is 49.6 Å². The van der Waals surface area contributed by atoms with Gasteiger partial charge in [-0.1, -0.05) is 12.1 Å². The number of carbonyl (C=O) groups is 3. The van der Waals surface area contributed by atoms with Gasteiger partial charge in [0.2, 0.25) is 0 Å². The Balaban J connectivity index is 1.81. The summed E-state index contributed by atoms with van der Waals surface area (Å²) in [6.07, 6.45) is 1.39. The fourth-order valence-electron chi connectivity index (χ4n) is 3.07. The van der Waals surface area contributed by atoms with Gasteiger partial charge < -0.3 is 9.84 Å². The van der Waals surface area contributed by atoms with Crippen molar-refractivity contribution in [2.45, 2.75) is 13.3 Å². The van der Waals surface area contributed by atoms with E-state index in [1.807, 2.05) is 0 Å². The summed E-state index contributed by atoms with van der Waals surface area (Å²) in [5, 5.41) is 15.0. The number of benzene rings is 2. The van der Waals surface area contributed by atoms with Crippen LogP contribution in [0.1, 0.15) is 29.3 Å². The van der Waals surface area contributed by atoms with Gasteiger partial charge in [0.05, 0.1) is 24.3 Å². The van der Waals surface area contributed by atoms with Crippen molar-refractivity contribution in [1.29, 1.82) is 0 Å². The second-order valence-electron chi connectivity index (χ2n) is 6.71. The first-order chi connectivity index (χ1) is 14.3. The molecule has 0 aliphatic carbocycles. The van der Waals surface area contributed by atoms with Crippen LogP contribution in [-0.4, -0.2) is 35.8 Å². The van der Waals surface area contributed by atoms with Gasteiger partial charge in [-0.05, 0) is 61.4 Å².